The average Bonchev–Trinajstić information content (AvgIpc) is 2.75. The van der Waals surface area contributed by atoms with Crippen LogP contribution in [0.2, 0.25) is 0 Å². The summed E-state index contributed by atoms with van der Waals surface area (Å²) in [6.07, 6.45) is 1.13. The van der Waals surface area contributed by atoms with E-state index in [9.17, 15) is 5.11 Å². The van der Waals surface area contributed by atoms with Crippen LogP contribution in [-0.4, -0.2) is 25.3 Å². The Morgan fingerprint density at radius 2 is 2.47 bits per heavy atom. The van der Waals surface area contributed by atoms with Gasteiger partial charge in [-0.2, -0.15) is 4.80 Å². The number of aryl methyl sites for hydroxylation is 1. The molecule has 1 N–H and O–H groups in total. The molecular formula is C8H9BrN4O2. The first-order valence-corrected chi connectivity index (χ1v) is 5.10. The summed E-state index contributed by atoms with van der Waals surface area (Å²) >= 11 is 3.20. The van der Waals surface area contributed by atoms with E-state index < -0.39 is 6.10 Å². The molecule has 15 heavy (non-hydrogen) atoms. The summed E-state index contributed by atoms with van der Waals surface area (Å²) < 4.78 is 5.55. The SMILES string of the molecule is Cn1nnc(CC(O)c2ccoc2Br)n1. The van der Waals surface area contributed by atoms with Gasteiger partial charge < -0.3 is 9.52 Å². The summed E-state index contributed by atoms with van der Waals surface area (Å²) in [4.78, 5) is 1.35. The molecular weight excluding hydrogens is 264 g/mol. The van der Waals surface area contributed by atoms with Gasteiger partial charge in [0, 0.05) is 12.0 Å². The summed E-state index contributed by atoms with van der Waals surface area (Å²) in [6, 6.07) is 1.70. The molecule has 0 fully saturated rings. The quantitative estimate of drug-likeness (QED) is 0.896. The van der Waals surface area contributed by atoms with Gasteiger partial charge in [0.2, 0.25) is 0 Å². The number of hydrogen-bond donors (Lipinski definition) is 1. The van der Waals surface area contributed by atoms with Crippen LogP contribution in [0.5, 0.6) is 0 Å². The van der Waals surface area contributed by atoms with Crippen LogP contribution in [-0.2, 0) is 13.5 Å². The van der Waals surface area contributed by atoms with Crippen LogP contribution in [0.4, 0.5) is 0 Å². The van der Waals surface area contributed by atoms with Gasteiger partial charge in [0.15, 0.2) is 10.5 Å². The molecule has 6 nitrogen and oxygen atoms in total. The molecule has 0 aliphatic rings. The molecule has 1 unspecified atom stereocenters. The Kier molecular flexibility index (Phi) is 2.83. The highest BCUT2D eigenvalue weighted by atomic mass is 79.9. The molecule has 0 aliphatic heterocycles. The van der Waals surface area contributed by atoms with Crippen molar-refractivity contribution >= 4 is 15.9 Å². The van der Waals surface area contributed by atoms with Crippen molar-refractivity contribution in [3.63, 3.8) is 0 Å². The number of aromatic nitrogens is 4. The Morgan fingerprint density at radius 1 is 1.67 bits per heavy atom. The van der Waals surface area contributed by atoms with Crippen molar-refractivity contribution in [3.05, 3.63) is 28.4 Å². The van der Waals surface area contributed by atoms with E-state index in [1.807, 2.05) is 0 Å². The van der Waals surface area contributed by atoms with Crippen molar-refractivity contribution < 1.29 is 9.52 Å². The van der Waals surface area contributed by atoms with Gasteiger partial charge in [-0.25, -0.2) is 0 Å². The number of aliphatic hydroxyl groups is 1. The van der Waals surface area contributed by atoms with Crippen LogP contribution in [0.25, 0.3) is 0 Å². The first-order valence-electron chi connectivity index (χ1n) is 4.30. The average molecular weight is 273 g/mol. The third kappa shape index (κ3) is 2.24. The number of rotatable bonds is 3. The highest BCUT2D eigenvalue weighted by molar-refractivity contribution is 9.10. The van der Waals surface area contributed by atoms with Crippen LogP contribution < -0.4 is 0 Å². The highest BCUT2D eigenvalue weighted by Crippen LogP contribution is 2.25. The van der Waals surface area contributed by atoms with E-state index in [-0.39, 0.29) is 0 Å². The van der Waals surface area contributed by atoms with E-state index in [1.165, 1.54) is 11.1 Å². The zero-order chi connectivity index (χ0) is 10.8. The first kappa shape index (κ1) is 10.3. The second-order valence-corrected chi connectivity index (χ2v) is 3.78. The topological polar surface area (TPSA) is 77.0 Å². The first-order chi connectivity index (χ1) is 7.16. The van der Waals surface area contributed by atoms with Crippen molar-refractivity contribution in [1.29, 1.82) is 0 Å². The Hall–Kier alpha value is -1.21. The highest BCUT2D eigenvalue weighted by Gasteiger charge is 2.16. The standard InChI is InChI=1S/C8H9BrN4O2/c1-13-11-7(10-12-13)4-6(14)5-2-3-15-8(5)9/h2-3,6,14H,4H2,1H3. The number of furan rings is 1. The number of tetrazole rings is 1. The van der Waals surface area contributed by atoms with Gasteiger partial charge in [-0.05, 0) is 27.2 Å². The normalized spacial score (nSPS) is 13.0. The van der Waals surface area contributed by atoms with Crippen LogP contribution >= 0.6 is 15.9 Å². The zero-order valence-electron chi connectivity index (χ0n) is 7.96. The van der Waals surface area contributed by atoms with Gasteiger partial charge in [-0.15, -0.1) is 10.2 Å². The van der Waals surface area contributed by atoms with Crippen molar-refractivity contribution in [1.82, 2.24) is 20.2 Å². The molecule has 0 aromatic carbocycles. The maximum absolute atomic E-state index is 9.85. The smallest absolute Gasteiger partial charge is 0.177 e. The molecule has 2 rings (SSSR count). The van der Waals surface area contributed by atoms with Gasteiger partial charge in [-0.3, -0.25) is 0 Å². The van der Waals surface area contributed by atoms with Crippen LogP contribution in [0.15, 0.2) is 21.4 Å². The lowest BCUT2D eigenvalue weighted by molar-refractivity contribution is 0.173. The molecule has 80 valence electrons. The number of hydrogen-bond acceptors (Lipinski definition) is 5. The minimum atomic E-state index is -0.692. The molecule has 0 radical (unpaired) electrons. The lowest BCUT2D eigenvalue weighted by atomic mass is 10.1. The third-order valence-corrected chi connectivity index (χ3v) is 2.58. The lowest BCUT2D eigenvalue weighted by Crippen LogP contribution is -2.03. The van der Waals surface area contributed by atoms with E-state index in [0.29, 0.717) is 22.5 Å². The molecule has 0 saturated heterocycles. The maximum Gasteiger partial charge on any atom is 0.177 e. The Labute approximate surface area is 94.0 Å². The molecule has 2 heterocycles. The van der Waals surface area contributed by atoms with Crippen molar-refractivity contribution in [3.8, 4) is 0 Å². The van der Waals surface area contributed by atoms with Crippen LogP contribution in [0, 0.1) is 0 Å². The summed E-state index contributed by atoms with van der Waals surface area (Å²) in [7, 11) is 1.68. The van der Waals surface area contributed by atoms with Gasteiger partial charge in [0.25, 0.3) is 0 Å². The molecule has 0 bridgehead atoms. The molecule has 0 amide bonds. The Bertz CT molecular complexity index is 453. The Balaban J connectivity index is 2.10. The van der Waals surface area contributed by atoms with E-state index in [1.54, 1.807) is 13.1 Å². The van der Waals surface area contributed by atoms with E-state index in [4.69, 9.17) is 4.42 Å². The summed E-state index contributed by atoms with van der Waals surface area (Å²) in [5, 5.41) is 21.3. The second kappa shape index (κ2) is 4.11. The van der Waals surface area contributed by atoms with E-state index in [2.05, 4.69) is 31.3 Å². The maximum atomic E-state index is 9.85. The minimum Gasteiger partial charge on any atom is -0.457 e. The lowest BCUT2D eigenvalue weighted by Gasteiger charge is -2.04. The van der Waals surface area contributed by atoms with E-state index in [0.717, 1.165) is 0 Å². The van der Waals surface area contributed by atoms with Gasteiger partial charge in [0.1, 0.15) is 0 Å². The summed E-state index contributed by atoms with van der Waals surface area (Å²) in [5.74, 6) is 0.498. The van der Waals surface area contributed by atoms with Crippen molar-refractivity contribution in [2.24, 2.45) is 7.05 Å². The monoisotopic (exact) mass is 272 g/mol. The fraction of sp³-hybridized carbons (Fsp3) is 0.375. The number of halogens is 1. The Morgan fingerprint density at radius 3 is 3.00 bits per heavy atom. The molecule has 2 aromatic rings. The predicted octanol–water partition coefficient (Wildman–Crippen LogP) is 0.842. The molecule has 1 atom stereocenters. The third-order valence-electron chi connectivity index (χ3n) is 1.93. The van der Waals surface area contributed by atoms with E-state index >= 15 is 0 Å². The summed E-state index contributed by atoms with van der Waals surface area (Å²) in [6.45, 7) is 0. The number of aliphatic hydroxyl groups excluding tert-OH is 1. The summed E-state index contributed by atoms with van der Waals surface area (Å²) in [5.41, 5.74) is 0.683. The van der Waals surface area contributed by atoms with Gasteiger partial charge in [0.05, 0.1) is 19.4 Å². The van der Waals surface area contributed by atoms with Crippen molar-refractivity contribution in [2.45, 2.75) is 12.5 Å². The molecule has 7 heteroatoms. The molecule has 0 saturated carbocycles. The van der Waals surface area contributed by atoms with Crippen LogP contribution in [0.1, 0.15) is 17.5 Å². The fourth-order valence-corrected chi connectivity index (χ4v) is 1.73. The van der Waals surface area contributed by atoms with Crippen LogP contribution in [0.3, 0.4) is 0 Å². The van der Waals surface area contributed by atoms with Crippen molar-refractivity contribution in [2.75, 3.05) is 0 Å². The zero-order valence-corrected chi connectivity index (χ0v) is 9.55. The van der Waals surface area contributed by atoms with Gasteiger partial charge >= 0.3 is 0 Å². The van der Waals surface area contributed by atoms with Gasteiger partial charge in [-0.1, -0.05) is 0 Å². The largest absolute Gasteiger partial charge is 0.457 e. The molecule has 0 spiro atoms. The predicted molar refractivity (Wildman–Crippen MR) is 53.9 cm³/mol. The molecule has 0 aliphatic carbocycles. The molecule has 2 aromatic heterocycles. The second-order valence-electron chi connectivity index (χ2n) is 3.06. The minimum absolute atomic E-state index is 0.311. The number of nitrogens with zero attached hydrogens (tertiary/aromatic N) is 4. The fourth-order valence-electron chi connectivity index (χ4n) is 1.23.